The monoisotopic (exact) mass is 269 g/mol. The van der Waals surface area contributed by atoms with Gasteiger partial charge < -0.3 is 14.8 Å². The summed E-state index contributed by atoms with van der Waals surface area (Å²) in [6, 6.07) is 4.67. The zero-order valence-corrected chi connectivity index (χ0v) is 12.3. The Morgan fingerprint density at radius 2 is 2.17 bits per heavy atom. The fraction of sp³-hybridized carbons (Fsp3) is 0.714. The minimum atomic E-state index is -0.112. The fourth-order valence-electron chi connectivity index (χ4n) is 2.79. The van der Waals surface area contributed by atoms with E-state index in [0.29, 0.717) is 0 Å². The second-order valence-corrected chi connectivity index (χ2v) is 6.10. The predicted molar refractivity (Wildman–Crippen MR) is 75.3 cm³/mol. The summed E-state index contributed by atoms with van der Waals surface area (Å²) in [6.07, 6.45) is 1.92. The molecule has 0 amide bonds. The van der Waals surface area contributed by atoms with Crippen LogP contribution in [0.3, 0.4) is 0 Å². The molecule has 1 aliphatic rings. The number of hydrogen-bond acceptors (Lipinski definition) is 4. The maximum atomic E-state index is 6.15. The number of thiophene rings is 1. The summed E-state index contributed by atoms with van der Waals surface area (Å²) in [5, 5.41) is 3.46. The fourth-order valence-corrected chi connectivity index (χ4v) is 3.89. The number of ether oxygens (including phenoxy) is 2. The van der Waals surface area contributed by atoms with E-state index in [-0.39, 0.29) is 11.6 Å². The quantitative estimate of drug-likeness (QED) is 0.891. The van der Waals surface area contributed by atoms with Gasteiger partial charge in [0.25, 0.3) is 0 Å². The van der Waals surface area contributed by atoms with Crippen molar-refractivity contribution in [3.63, 3.8) is 0 Å². The van der Waals surface area contributed by atoms with Gasteiger partial charge in [-0.05, 0) is 33.0 Å². The summed E-state index contributed by atoms with van der Waals surface area (Å²) in [5.74, 6) is 0. The van der Waals surface area contributed by atoms with Crippen LogP contribution in [0.1, 0.15) is 35.6 Å². The first-order valence-corrected chi connectivity index (χ1v) is 7.49. The number of nitrogens with one attached hydrogen (secondary N) is 1. The molecule has 2 heterocycles. The number of likely N-dealkylation sites (N-methyl/N-ethyl adjacent to an activating group) is 1. The molecule has 1 saturated heterocycles. The highest BCUT2D eigenvalue weighted by Crippen LogP contribution is 2.39. The Hall–Kier alpha value is -0.420. The SMILES string of the molecule is CCOC1(C(NC)c2ccc(C)s2)CCOCC1. The average molecular weight is 269 g/mol. The molecular weight excluding hydrogens is 246 g/mol. The Balaban J connectivity index is 2.26. The van der Waals surface area contributed by atoms with Crippen LogP contribution >= 0.6 is 11.3 Å². The van der Waals surface area contributed by atoms with Gasteiger partial charge in [-0.2, -0.15) is 0 Å². The normalized spacial score (nSPS) is 20.8. The van der Waals surface area contributed by atoms with Crippen LogP contribution in [-0.2, 0) is 9.47 Å². The van der Waals surface area contributed by atoms with Gasteiger partial charge >= 0.3 is 0 Å². The highest BCUT2D eigenvalue weighted by molar-refractivity contribution is 7.12. The Bertz CT molecular complexity index is 366. The number of hydrogen-bond donors (Lipinski definition) is 1. The van der Waals surface area contributed by atoms with Crippen molar-refractivity contribution in [2.75, 3.05) is 26.9 Å². The van der Waals surface area contributed by atoms with Gasteiger partial charge in [0.2, 0.25) is 0 Å². The van der Waals surface area contributed by atoms with Crippen LogP contribution in [0.2, 0.25) is 0 Å². The molecule has 0 aliphatic carbocycles. The molecule has 1 fully saturated rings. The molecule has 0 radical (unpaired) electrons. The predicted octanol–water partition coefficient (Wildman–Crippen LogP) is 2.90. The lowest BCUT2D eigenvalue weighted by atomic mass is 9.85. The van der Waals surface area contributed by atoms with Crippen LogP contribution in [-0.4, -0.2) is 32.5 Å². The molecular formula is C14H23NO2S. The van der Waals surface area contributed by atoms with Gasteiger partial charge in [0.05, 0.1) is 11.6 Å². The van der Waals surface area contributed by atoms with E-state index in [1.807, 2.05) is 18.4 Å². The van der Waals surface area contributed by atoms with Crippen molar-refractivity contribution in [2.45, 2.75) is 38.3 Å². The molecule has 1 N–H and O–H groups in total. The molecule has 0 saturated carbocycles. The second-order valence-electron chi connectivity index (χ2n) is 4.78. The Morgan fingerprint density at radius 3 is 2.67 bits per heavy atom. The van der Waals surface area contributed by atoms with E-state index in [1.165, 1.54) is 9.75 Å². The largest absolute Gasteiger partial charge is 0.381 e. The van der Waals surface area contributed by atoms with Crippen LogP contribution < -0.4 is 5.32 Å². The molecule has 1 atom stereocenters. The highest BCUT2D eigenvalue weighted by Gasteiger charge is 2.41. The first kappa shape index (κ1) is 14.0. The molecule has 1 aromatic rings. The number of rotatable bonds is 5. The van der Waals surface area contributed by atoms with E-state index in [9.17, 15) is 0 Å². The Kier molecular flexibility index (Phi) is 4.78. The van der Waals surface area contributed by atoms with Gasteiger partial charge in [-0.3, -0.25) is 0 Å². The molecule has 102 valence electrons. The third-order valence-electron chi connectivity index (χ3n) is 3.63. The summed E-state index contributed by atoms with van der Waals surface area (Å²) in [6.45, 7) is 6.56. The topological polar surface area (TPSA) is 30.5 Å². The van der Waals surface area contributed by atoms with Gasteiger partial charge in [0.1, 0.15) is 0 Å². The van der Waals surface area contributed by atoms with E-state index < -0.39 is 0 Å². The Morgan fingerprint density at radius 1 is 1.44 bits per heavy atom. The van der Waals surface area contributed by atoms with E-state index in [0.717, 1.165) is 32.7 Å². The maximum absolute atomic E-state index is 6.15. The zero-order chi connectivity index (χ0) is 13.0. The minimum absolute atomic E-state index is 0.112. The third-order valence-corrected chi connectivity index (χ3v) is 4.70. The van der Waals surface area contributed by atoms with E-state index in [2.05, 4.69) is 31.3 Å². The standard InChI is InChI=1S/C14H23NO2S/c1-4-17-14(7-9-16-10-8-14)13(15-3)12-6-5-11(2)18-12/h5-6,13,15H,4,7-10H2,1-3H3. The van der Waals surface area contributed by atoms with Gasteiger partial charge in [-0.1, -0.05) is 0 Å². The summed E-state index contributed by atoms with van der Waals surface area (Å²) < 4.78 is 11.7. The summed E-state index contributed by atoms with van der Waals surface area (Å²) in [4.78, 5) is 2.72. The van der Waals surface area contributed by atoms with Crippen LogP contribution in [0.4, 0.5) is 0 Å². The summed E-state index contributed by atoms with van der Waals surface area (Å²) in [5.41, 5.74) is -0.112. The van der Waals surface area contributed by atoms with Crippen LogP contribution in [0.25, 0.3) is 0 Å². The third kappa shape index (κ3) is 2.77. The lowest BCUT2D eigenvalue weighted by Gasteiger charge is -2.42. The van der Waals surface area contributed by atoms with Crippen LogP contribution in [0.15, 0.2) is 12.1 Å². The van der Waals surface area contributed by atoms with Gasteiger partial charge in [0.15, 0.2) is 0 Å². The van der Waals surface area contributed by atoms with E-state index in [4.69, 9.17) is 9.47 Å². The molecule has 2 rings (SSSR count). The van der Waals surface area contributed by atoms with Crippen molar-refractivity contribution in [1.29, 1.82) is 0 Å². The molecule has 0 spiro atoms. The van der Waals surface area contributed by atoms with Crippen molar-refractivity contribution in [3.8, 4) is 0 Å². The van der Waals surface area contributed by atoms with Crippen molar-refractivity contribution < 1.29 is 9.47 Å². The van der Waals surface area contributed by atoms with Crippen molar-refractivity contribution in [3.05, 3.63) is 21.9 Å². The van der Waals surface area contributed by atoms with Gasteiger partial charge in [-0.25, -0.2) is 0 Å². The minimum Gasteiger partial charge on any atom is -0.381 e. The molecule has 3 nitrogen and oxygen atoms in total. The molecule has 0 bridgehead atoms. The zero-order valence-electron chi connectivity index (χ0n) is 11.5. The molecule has 18 heavy (non-hydrogen) atoms. The Labute approximate surface area is 113 Å². The summed E-state index contributed by atoms with van der Waals surface area (Å²) in [7, 11) is 2.02. The van der Waals surface area contributed by atoms with Gasteiger partial charge in [-0.15, -0.1) is 11.3 Å². The first-order valence-electron chi connectivity index (χ1n) is 6.67. The molecule has 1 unspecified atom stereocenters. The summed E-state index contributed by atoms with van der Waals surface area (Å²) >= 11 is 1.86. The van der Waals surface area contributed by atoms with E-state index in [1.54, 1.807) is 0 Å². The second kappa shape index (κ2) is 6.15. The van der Waals surface area contributed by atoms with Crippen LogP contribution in [0.5, 0.6) is 0 Å². The van der Waals surface area contributed by atoms with E-state index >= 15 is 0 Å². The average Bonchev–Trinajstić information content (AvgIpc) is 2.78. The lowest BCUT2D eigenvalue weighted by molar-refractivity contribution is -0.126. The van der Waals surface area contributed by atoms with Crippen molar-refractivity contribution in [2.24, 2.45) is 0 Å². The van der Waals surface area contributed by atoms with Crippen LogP contribution in [0, 0.1) is 6.92 Å². The van der Waals surface area contributed by atoms with Crippen molar-refractivity contribution >= 4 is 11.3 Å². The number of aryl methyl sites for hydroxylation is 1. The van der Waals surface area contributed by atoms with Crippen molar-refractivity contribution in [1.82, 2.24) is 5.32 Å². The lowest BCUT2D eigenvalue weighted by Crippen LogP contribution is -2.48. The molecule has 4 heteroatoms. The molecule has 1 aromatic heterocycles. The maximum Gasteiger partial charge on any atom is 0.0927 e. The first-order chi connectivity index (χ1) is 8.72. The highest BCUT2D eigenvalue weighted by atomic mass is 32.1. The smallest absolute Gasteiger partial charge is 0.0927 e. The molecule has 0 aromatic carbocycles. The van der Waals surface area contributed by atoms with Gasteiger partial charge in [0, 0.05) is 42.4 Å². The molecule has 1 aliphatic heterocycles.